The first-order valence-corrected chi connectivity index (χ1v) is 11.6. The predicted molar refractivity (Wildman–Crippen MR) is 114 cm³/mol. The largest absolute Gasteiger partial charge is 0.341 e. The lowest BCUT2D eigenvalue weighted by atomic mass is 10.0. The zero-order valence-corrected chi connectivity index (χ0v) is 17.6. The Morgan fingerprint density at radius 1 is 0.897 bits per heavy atom. The highest BCUT2D eigenvalue weighted by Crippen LogP contribution is 2.29. The Balaban J connectivity index is 1.26. The van der Waals surface area contributed by atoms with E-state index < -0.39 is 0 Å². The Morgan fingerprint density at radius 3 is 2.48 bits per heavy atom. The first-order valence-electron chi connectivity index (χ1n) is 11.6. The third-order valence-corrected chi connectivity index (χ3v) is 7.05. The van der Waals surface area contributed by atoms with Crippen LogP contribution >= 0.6 is 0 Å². The molecule has 0 radical (unpaired) electrons. The Labute approximate surface area is 175 Å². The van der Waals surface area contributed by atoms with E-state index in [2.05, 4.69) is 21.9 Å². The number of likely N-dealkylation sites (tertiary alicyclic amines) is 1. The number of nitrogens with zero attached hydrogens (tertiary/aromatic N) is 3. The maximum atomic E-state index is 13.0. The lowest BCUT2D eigenvalue weighted by molar-refractivity contribution is -0.132. The van der Waals surface area contributed by atoms with Crippen LogP contribution in [0.3, 0.4) is 0 Å². The molecule has 5 nitrogen and oxygen atoms in total. The second kappa shape index (κ2) is 9.75. The van der Waals surface area contributed by atoms with Crippen LogP contribution in [0.15, 0.2) is 30.3 Å². The van der Waals surface area contributed by atoms with Crippen LogP contribution in [0.4, 0.5) is 0 Å². The van der Waals surface area contributed by atoms with Crippen molar-refractivity contribution in [2.75, 3.05) is 32.7 Å². The van der Waals surface area contributed by atoms with E-state index in [1.807, 2.05) is 23.1 Å². The summed E-state index contributed by atoms with van der Waals surface area (Å²) in [6.07, 6.45) is 8.95. The van der Waals surface area contributed by atoms with Crippen LogP contribution in [-0.4, -0.2) is 65.3 Å². The van der Waals surface area contributed by atoms with Gasteiger partial charge in [-0.1, -0.05) is 56.0 Å². The molecule has 3 fully saturated rings. The molecule has 2 heterocycles. The molecule has 0 aromatic heterocycles. The van der Waals surface area contributed by atoms with Gasteiger partial charge in [0.2, 0.25) is 11.8 Å². The summed E-state index contributed by atoms with van der Waals surface area (Å²) in [7, 11) is 0. The smallest absolute Gasteiger partial charge is 0.240 e. The summed E-state index contributed by atoms with van der Waals surface area (Å²) in [5.74, 6) is 1.35. The standard InChI is InChI=1S/C24H35N3O2/c28-23(12-11-20-7-4-5-8-20)26-15-6-14-25(17-18-26)22-13-16-27(24(22)29)19-21-9-2-1-3-10-21/h1-3,9-10,20,22H,4-8,11-19H2. The molecule has 1 aromatic carbocycles. The van der Waals surface area contributed by atoms with Gasteiger partial charge < -0.3 is 9.80 Å². The first kappa shape index (κ1) is 20.4. The summed E-state index contributed by atoms with van der Waals surface area (Å²) in [4.78, 5) is 32.1. The van der Waals surface area contributed by atoms with Crippen molar-refractivity contribution in [3.8, 4) is 0 Å². The van der Waals surface area contributed by atoms with Crippen molar-refractivity contribution in [2.24, 2.45) is 5.92 Å². The van der Waals surface area contributed by atoms with E-state index in [9.17, 15) is 9.59 Å². The average molecular weight is 398 g/mol. The molecule has 3 aliphatic rings. The minimum Gasteiger partial charge on any atom is -0.341 e. The lowest BCUT2D eigenvalue weighted by Crippen LogP contribution is -2.44. The van der Waals surface area contributed by atoms with Crippen LogP contribution in [0.25, 0.3) is 0 Å². The van der Waals surface area contributed by atoms with Crippen LogP contribution in [0.5, 0.6) is 0 Å². The summed E-state index contributed by atoms with van der Waals surface area (Å²) in [5.41, 5.74) is 1.19. The van der Waals surface area contributed by atoms with Crippen LogP contribution < -0.4 is 0 Å². The molecule has 1 aliphatic carbocycles. The first-order chi connectivity index (χ1) is 14.2. The molecule has 1 aromatic rings. The minimum absolute atomic E-state index is 0.00717. The van der Waals surface area contributed by atoms with Crippen LogP contribution in [0.2, 0.25) is 0 Å². The molecular formula is C24H35N3O2. The van der Waals surface area contributed by atoms with Crippen molar-refractivity contribution >= 4 is 11.8 Å². The van der Waals surface area contributed by atoms with Gasteiger partial charge in [0.25, 0.3) is 0 Å². The van der Waals surface area contributed by atoms with Crippen molar-refractivity contribution in [2.45, 2.75) is 64.0 Å². The SMILES string of the molecule is O=C(CCC1CCCC1)N1CCCN(C2CCN(Cc3ccccc3)C2=O)CC1. The maximum absolute atomic E-state index is 13.0. The fraction of sp³-hybridized carbons (Fsp3) is 0.667. The molecule has 1 unspecified atom stereocenters. The van der Waals surface area contributed by atoms with Crippen molar-refractivity contribution in [1.29, 1.82) is 0 Å². The third kappa shape index (κ3) is 5.19. The molecule has 158 valence electrons. The van der Waals surface area contributed by atoms with E-state index in [1.165, 1.54) is 31.2 Å². The second-order valence-corrected chi connectivity index (χ2v) is 9.01. The van der Waals surface area contributed by atoms with Crippen molar-refractivity contribution in [3.05, 3.63) is 35.9 Å². The topological polar surface area (TPSA) is 43.9 Å². The second-order valence-electron chi connectivity index (χ2n) is 9.01. The van der Waals surface area contributed by atoms with Gasteiger partial charge in [-0.3, -0.25) is 14.5 Å². The summed E-state index contributed by atoms with van der Waals surface area (Å²) in [6.45, 7) is 4.89. The van der Waals surface area contributed by atoms with Crippen LogP contribution in [0, 0.1) is 5.92 Å². The number of carbonyl (C=O) groups excluding carboxylic acids is 2. The van der Waals surface area contributed by atoms with Gasteiger partial charge in [-0.25, -0.2) is 0 Å². The predicted octanol–water partition coefficient (Wildman–Crippen LogP) is 3.29. The fourth-order valence-electron chi connectivity index (χ4n) is 5.31. The summed E-state index contributed by atoms with van der Waals surface area (Å²) in [6, 6.07) is 10.2. The molecule has 4 rings (SSSR count). The highest BCUT2D eigenvalue weighted by atomic mass is 16.2. The van der Waals surface area contributed by atoms with E-state index in [-0.39, 0.29) is 11.9 Å². The van der Waals surface area contributed by atoms with Gasteiger partial charge in [0, 0.05) is 45.7 Å². The zero-order valence-electron chi connectivity index (χ0n) is 17.6. The molecule has 0 N–H and O–H groups in total. The molecule has 0 bridgehead atoms. The van der Waals surface area contributed by atoms with Gasteiger partial charge in [0.05, 0.1) is 6.04 Å². The average Bonchev–Trinajstić information content (AvgIpc) is 3.31. The Morgan fingerprint density at radius 2 is 1.69 bits per heavy atom. The summed E-state index contributed by atoms with van der Waals surface area (Å²) in [5, 5.41) is 0. The number of carbonyl (C=O) groups is 2. The lowest BCUT2D eigenvalue weighted by Gasteiger charge is -2.27. The molecule has 29 heavy (non-hydrogen) atoms. The van der Waals surface area contributed by atoms with E-state index in [0.717, 1.165) is 57.9 Å². The van der Waals surface area contributed by atoms with E-state index >= 15 is 0 Å². The Kier molecular flexibility index (Phi) is 6.86. The van der Waals surface area contributed by atoms with Crippen molar-refractivity contribution < 1.29 is 9.59 Å². The van der Waals surface area contributed by atoms with Gasteiger partial charge in [-0.2, -0.15) is 0 Å². The van der Waals surface area contributed by atoms with Gasteiger partial charge in [0.1, 0.15) is 0 Å². The number of hydrogen-bond acceptors (Lipinski definition) is 3. The molecule has 2 saturated heterocycles. The third-order valence-electron chi connectivity index (χ3n) is 7.05. The van der Waals surface area contributed by atoms with Crippen molar-refractivity contribution in [3.63, 3.8) is 0 Å². The van der Waals surface area contributed by atoms with Crippen LogP contribution in [0.1, 0.15) is 56.9 Å². The minimum atomic E-state index is -0.00717. The normalized spacial score (nSPS) is 24.3. The highest BCUT2D eigenvalue weighted by Gasteiger charge is 2.36. The monoisotopic (exact) mass is 397 g/mol. The Bertz CT molecular complexity index is 687. The number of rotatable bonds is 6. The number of hydrogen-bond donors (Lipinski definition) is 0. The van der Waals surface area contributed by atoms with Crippen LogP contribution in [-0.2, 0) is 16.1 Å². The molecule has 1 saturated carbocycles. The van der Waals surface area contributed by atoms with Gasteiger partial charge in [0.15, 0.2) is 0 Å². The van der Waals surface area contributed by atoms with E-state index in [0.29, 0.717) is 18.9 Å². The zero-order chi connectivity index (χ0) is 20.1. The summed E-state index contributed by atoms with van der Waals surface area (Å²) < 4.78 is 0. The quantitative estimate of drug-likeness (QED) is 0.740. The number of amides is 2. The molecule has 1 atom stereocenters. The fourth-order valence-corrected chi connectivity index (χ4v) is 5.31. The van der Waals surface area contributed by atoms with Gasteiger partial charge >= 0.3 is 0 Å². The molecule has 5 heteroatoms. The molecular weight excluding hydrogens is 362 g/mol. The molecule has 2 amide bonds. The van der Waals surface area contributed by atoms with E-state index in [1.54, 1.807) is 0 Å². The Hall–Kier alpha value is -1.88. The van der Waals surface area contributed by atoms with Gasteiger partial charge in [-0.05, 0) is 30.7 Å². The van der Waals surface area contributed by atoms with Crippen molar-refractivity contribution in [1.82, 2.24) is 14.7 Å². The van der Waals surface area contributed by atoms with E-state index in [4.69, 9.17) is 0 Å². The molecule has 0 spiro atoms. The van der Waals surface area contributed by atoms with Gasteiger partial charge in [-0.15, -0.1) is 0 Å². The summed E-state index contributed by atoms with van der Waals surface area (Å²) >= 11 is 0. The highest BCUT2D eigenvalue weighted by molar-refractivity contribution is 5.84. The molecule has 2 aliphatic heterocycles. The maximum Gasteiger partial charge on any atom is 0.240 e. The number of benzene rings is 1.